The Balaban J connectivity index is 2.73. The summed E-state index contributed by atoms with van der Waals surface area (Å²) in [6, 6.07) is -0.743. The van der Waals surface area contributed by atoms with Crippen LogP contribution in [-0.4, -0.2) is 34.9 Å². The van der Waals surface area contributed by atoms with Gasteiger partial charge in [0.05, 0.1) is 12.1 Å². The van der Waals surface area contributed by atoms with Crippen LogP contribution in [0.15, 0.2) is 10.6 Å². The fourth-order valence-corrected chi connectivity index (χ4v) is 2.37. The lowest BCUT2D eigenvalue weighted by Crippen LogP contribution is -2.50. The summed E-state index contributed by atoms with van der Waals surface area (Å²) in [4.78, 5) is 24.5. The maximum Gasteiger partial charge on any atom is 0.250 e. The molecule has 1 rings (SSSR count). The average molecular weight is 359 g/mol. The van der Waals surface area contributed by atoms with E-state index in [2.05, 4.69) is 10.5 Å². The summed E-state index contributed by atoms with van der Waals surface area (Å²) in [5.41, 5.74) is 5.68. The van der Waals surface area contributed by atoms with Gasteiger partial charge in [0.25, 0.3) is 0 Å². The number of ketones is 1. The minimum Gasteiger partial charge on any atom is -0.360 e. The molecule has 1 amide bonds. The average Bonchev–Trinajstić information content (AvgIpc) is 3.01. The predicted molar refractivity (Wildman–Crippen MR) is 89.6 cm³/mol. The summed E-state index contributed by atoms with van der Waals surface area (Å²) in [7, 11) is 0. The minimum atomic E-state index is -3.00. The standard InChI is InChI=1S/C17H27F2N3O3/c1-5-7-17(18,19)9-11(20)16(24)21-12(6-2)15(23)13-8-14(10(3)4)25-22-13/h8,10-12H,5-7,9,20H2,1-4H3,(H,21,24). The van der Waals surface area contributed by atoms with Crippen molar-refractivity contribution in [1.82, 2.24) is 10.5 Å². The van der Waals surface area contributed by atoms with Gasteiger partial charge in [-0.2, -0.15) is 0 Å². The fourth-order valence-electron chi connectivity index (χ4n) is 2.37. The number of amides is 1. The van der Waals surface area contributed by atoms with Crippen LogP contribution >= 0.6 is 0 Å². The first-order valence-corrected chi connectivity index (χ1v) is 8.55. The molecule has 0 aliphatic carbocycles. The predicted octanol–water partition coefficient (Wildman–Crippen LogP) is 3.03. The maximum absolute atomic E-state index is 13.6. The summed E-state index contributed by atoms with van der Waals surface area (Å²) in [5.74, 6) is -3.59. The van der Waals surface area contributed by atoms with Crippen LogP contribution in [0.2, 0.25) is 0 Å². The van der Waals surface area contributed by atoms with Crippen molar-refractivity contribution in [3.63, 3.8) is 0 Å². The van der Waals surface area contributed by atoms with Gasteiger partial charge in [-0.05, 0) is 6.42 Å². The lowest BCUT2D eigenvalue weighted by atomic mass is 10.0. The Labute approximate surface area is 146 Å². The molecule has 1 heterocycles. The number of nitrogens with zero attached hydrogens (tertiary/aromatic N) is 1. The van der Waals surface area contributed by atoms with Crippen LogP contribution in [0.5, 0.6) is 0 Å². The van der Waals surface area contributed by atoms with Crippen LogP contribution in [-0.2, 0) is 4.79 Å². The Kier molecular flexibility index (Phi) is 7.66. The Hall–Kier alpha value is -1.83. The van der Waals surface area contributed by atoms with Gasteiger partial charge in [0.2, 0.25) is 17.6 Å². The Morgan fingerprint density at radius 2 is 2.00 bits per heavy atom. The number of rotatable bonds is 10. The molecule has 6 nitrogen and oxygen atoms in total. The third kappa shape index (κ3) is 6.19. The topological polar surface area (TPSA) is 98.2 Å². The number of carbonyl (C=O) groups is 2. The molecule has 0 aliphatic heterocycles. The largest absolute Gasteiger partial charge is 0.360 e. The van der Waals surface area contributed by atoms with Gasteiger partial charge in [-0.15, -0.1) is 0 Å². The highest BCUT2D eigenvalue weighted by molar-refractivity contribution is 6.00. The van der Waals surface area contributed by atoms with Gasteiger partial charge >= 0.3 is 0 Å². The van der Waals surface area contributed by atoms with Crippen molar-refractivity contribution in [2.24, 2.45) is 5.73 Å². The third-order valence-corrected chi connectivity index (χ3v) is 3.86. The highest BCUT2D eigenvalue weighted by Crippen LogP contribution is 2.25. The zero-order valence-electron chi connectivity index (χ0n) is 15.1. The van der Waals surface area contributed by atoms with Crippen LogP contribution < -0.4 is 11.1 Å². The molecular weight excluding hydrogens is 332 g/mol. The van der Waals surface area contributed by atoms with Crippen molar-refractivity contribution in [3.8, 4) is 0 Å². The molecule has 25 heavy (non-hydrogen) atoms. The molecular formula is C17H27F2N3O3. The fraction of sp³-hybridized carbons (Fsp3) is 0.706. The number of Topliss-reactive ketones (excluding diaryl/α,β-unsaturated/α-hetero) is 1. The zero-order valence-corrected chi connectivity index (χ0v) is 15.1. The quantitative estimate of drug-likeness (QED) is 0.626. The van der Waals surface area contributed by atoms with E-state index in [1.54, 1.807) is 13.8 Å². The molecule has 142 valence electrons. The van der Waals surface area contributed by atoms with Crippen LogP contribution in [0.4, 0.5) is 8.78 Å². The van der Waals surface area contributed by atoms with Gasteiger partial charge < -0.3 is 15.6 Å². The summed E-state index contributed by atoms with van der Waals surface area (Å²) >= 11 is 0. The smallest absolute Gasteiger partial charge is 0.250 e. The van der Waals surface area contributed by atoms with Crippen LogP contribution in [0.25, 0.3) is 0 Å². The Bertz CT molecular complexity index is 587. The van der Waals surface area contributed by atoms with E-state index in [0.717, 1.165) is 0 Å². The maximum atomic E-state index is 13.6. The van der Waals surface area contributed by atoms with E-state index in [-0.39, 0.29) is 24.5 Å². The molecule has 0 saturated heterocycles. The molecule has 3 N–H and O–H groups in total. The highest BCUT2D eigenvalue weighted by atomic mass is 19.3. The molecule has 2 unspecified atom stereocenters. The summed E-state index contributed by atoms with van der Waals surface area (Å²) < 4.78 is 32.3. The SMILES string of the molecule is CCCC(F)(F)CC(N)C(=O)NC(CC)C(=O)c1cc(C(C)C)on1. The van der Waals surface area contributed by atoms with E-state index in [4.69, 9.17) is 10.3 Å². The summed E-state index contributed by atoms with van der Waals surface area (Å²) in [5, 5.41) is 6.15. The molecule has 0 aliphatic rings. The van der Waals surface area contributed by atoms with Gasteiger partial charge in [-0.3, -0.25) is 9.59 Å². The van der Waals surface area contributed by atoms with Crippen molar-refractivity contribution < 1.29 is 22.9 Å². The molecule has 0 saturated carbocycles. The number of alkyl halides is 2. The molecule has 0 aromatic carbocycles. The summed E-state index contributed by atoms with van der Waals surface area (Å²) in [6.07, 6.45) is -0.506. The van der Waals surface area contributed by atoms with Crippen molar-refractivity contribution in [2.45, 2.75) is 77.3 Å². The third-order valence-electron chi connectivity index (χ3n) is 3.86. The second kappa shape index (κ2) is 9.03. The van der Waals surface area contributed by atoms with E-state index >= 15 is 0 Å². The molecule has 2 atom stereocenters. The van der Waals surface area contributed by atoms with Crippen LogP contribution in [0.3, 0.4) is 0 Å². The van der Waals surface area contributed by atoms with E-state index < -0.39 is 36.1 Å². The number of halogens is 2. The Morgan fingerprint density at radius 1 is 1.36 bits per heavy atom. The molecule has 0 bridgehead atoms. The minimum absolute atomic E-state index is 0.0675. The zero-order chi connectivity index (χ0) is 19.2. The van der Waals surface area contributed by atoms with Gasteiger partial charge in [0.1, 0.15) is 5.76 Å². The first-order chi connectivity index (χ1) is 11.6. The first-order valence-electron chi connectivity index (χ1n) is 8.55. The number of hydrogen-bond acceptors (Lipinski definition) is 5. The number of aromatic nitrogens is 1. The van der Waals surface area contributed by atoms with Gasteiger partial charge in [0.15, 0.2) is 5.69 Å². The van der Waals surface area contributed by atoms with Crippen molar-refractivity contribution in [2.75, 3.05) is 0 Å². The monoisotopic (exact) mass is 359 g/mol. The molecule has 1 aromatic heterocycles. The van der Waals surface area contributed by atoms with E-state index in [9.17, 15) is 18.4 Å². The van der Waals surface area contributed by atoms with E-state index in [1.165, 1.54) is 6.07 Å². The molecule has 1 aromatic rings. The second-order valence-electron chi connectivity index (χ2n) is 6.52. The molecule has 8 heteroatoms. The number of nitrogens with two attached hydrogens (primary N) is 1. The first kappa shape index (κ1) is 21.2. The van der Waals surface area contributed by atoms with Crippen molar-refractivity contribution in [3.05, 3.63) is 17.5 Å². The second-order valence-corrected chi connectivity index (χ2v) is 6.52. The molecule has 0 radical (unpaired) electrons. The van der Waals surface area contributed by atoms with E-state index in [1.807, 2.05) is 13.8 Å². The normalized spacial score (nSPS) is 14.4. The lowest BCUT2D eigenvalue weighted by Gasteiger charge is -2.22. The molecule has 0 fully saturated rings. The lowest BCUT2D eigenvalue weighted by molar-refractivity contribution is -0.125. The van der Waals surface area contributed by atoms with Crippen LogP contribution in [0, 0.1) is 0 Å². The molecule has 0 spiro atoms. The number of hydrogen-bond donors (Lipinski definition) is 2. The Morgan fingerprint density at radius 3 is 2.48 bits per heavy atom. The van der Waals surface area contributed by atoms with Gasteiger partial charge in [0, 0.05) is 24.8 Å². The van der Waals surface area contributed by atoms with Crippen LogP contribution in [0.1, 0.15) is 75.5 Å². The number of nitrogens with one attached hydrogen (secondary N) is 1. The summed E-state index contributed by atoms with van der Waals surface area (Å²) in [6.45, 7) is 7.12. The highest BCUT2D eigenvalue weighted by Gasteiger charge is 2.34. The van der Waals surface area contributed by atoms with Crippen molar-refractivity contribution >= 4 is 11.7 Å². The van der Waals surface area contributed by atoms with Gasteiger partial charge in [-0.1, -0.05) is 39.3 Å². The van der Waals surface area contributed by atoms with E-state index in [0.29, 0.717) is 12.2 Å². The number of carbonyl (C=O) groups excluding carboxylic acids is 2. The van der Waals surface area contributed by atoms with Crippen molar-refractivity contribution in [1.29, 1.82) is 0 Å². The van der Waals surface area contributed by atoms with Gasteiger partial charge in [-0.25, -0.2) is 8.78 Å².